The molecular formula is C23H30N2O3. The van der Waals surface area contributed by atoms with E-state index in [1.807, 2.05) is 4.90 Å². The molecule has 1 fully saturated rings. The van der Waals surface area contributed by atoms with E-state index in [1.165, 1.54) is 16.8 Å². The van der Waals surface area contributed by atoms with Crippen molar-refractivity contribution < 1.29 is 14.3 Å². The summed E-state index contributed by atoms with van der Waals surface area (Å²) in [7, 11) is 3.19. The highest BCUT2D eigenvalue weighted by atomic mass is 16.5. The van der Waals surface area contributed by atoms with Crippen LogP contribution in [0.3, 0.4) is 0 Å². The monoisotopic (exact) mass is 382 g/mol. The first kappa shape index (κ1) is 20.1. The second-order valence-electron chi connectivity index (χ2n) is 7.55. The van der Waals surface area contributed by atoms with E-state index < -0.39 is 0 Å². The molecule has 0 radical (unpaired) electrons. The average molecular weight is 383 g/mol. The summed E-state index contributed by atoms with van der Waals surface area (Å²) in [5, 5.41) is 0. The van der Waals surface area contributed by atoms with Gasteiger partial charge in [0, 0.05) is 43.5 Å². The quantitative estimate of drug-likeness (QED) is 0.781. The van der Waals surface area contributed by atoms with Crippen LogP contribution in [-0.2, 0) is 0 Å². The third kappa shape index (κ3) is 4.08. The summed E-state index contributed by atoms with van der Waals surface area (Å²) in [5.41, 5.74) is 4.59. The Labute approximate surface area is 167 Å². The van der Waals surface area contributed by atoms with E-state index in [1.54, 1.807) is 32.4 Å². The molecule has 1 saturated heterocycles. The Morgan fingerprint density at radius 1 is 0.964 bits per heavy atom. The summed E-state index contributed by atoms with van der Waals surface area (Å²) in [4.78, 5) is 17.3. The summed E-state index contributed by atoms with van der Waals surface area (Å²) < 4.78 is 10.6. The van der Waals surface area contributed by atoms with Gasteiger partial charge in [0.05, 0.1) is 14.2 Å². The Kier molecular flexibility index (Phi) is 6.12. The Morgan fingerprint density at radius 2 is 1.57 bits per heavy atom. The van der Waals surface area contributed by atoms with E-state index >= 15 is 0 Å². The molecule has 1 aliphatic rings. The van der Waals surface area contributed by atoms with Gasteiger partial charge in [-0.3, -0.25) is 4.79 Å². The van der Waals surface area contributed by atoms with Crippen LogP contribution in [0, 0.1) is 6.92 Å². The van der Waals surface area contributed by atoms with E-state index in [9.17, 15) is 4.79 Å². The largest absolute Gasteiger partial charge is 0.497 e. The van der Waals surface area contributed by atoms with Gasteiger partial charge >= 0.3 is 0 Å². The number of rotatable bonds is 5. The molecule has 0 spiro atoms. The number of aryl methyl sites for hydroxylation is 1. The minimum atomic E-state index is 0.0192. The standard InChI is InChI=1S/C23H30N2O3/c1-16(2)21-8-6-7-17(3)22(21)24-9-11-25(12-10-24)23(26)18-13-19(27-4)15-20(14-18)28-5/h6-8,13-16H,9-12H2,1-5H3. The zero-order valence-corrected chi connectivity index (χ0v) is 17.5. The first-order valence-corrected chi connectivity index (χ1v) is 9.81. The molecule has 2 aromatic carbocycles. The number of benzene rings is 2. The number of para-hydroxylation sites is 1. The van der Waals surface area contributed by atoms with Crippen molar-refractivity contribution in [3.8, 4) is 11.5 Å². The Bertz CT molecular complexity index is 817. The normalized spacial score (nSPS) is 14.4. The van der Waals surface area contributed by atoms with E-state index in [4.69, 9.17) is 9.47 Å². The number of carbonyl (C=O) groups is 1. The van der Waals surface area contributed by atoms with Crippen molar-refractivity contribution >= 4 is 11.6 Å². The third-order valence-electron chi connectivity index (χ3n) is 5.37. The number of hydrogen-bond acceptors (Lipinski definition) is 4. The van der Waals surface area contributed by atoms with Gasteiger partial charge in [-0.2, -0.15) is 0 Å². The summed E-state index contributed by atoms with van der Waals surface area (Å²) >= 11 is 0. The van der Waals surface area contributed by atoms with Crippen molar-refractivity contribution in [1.82, 2.24) is 4.90 Å². The van der Waals surface area contributed by atoms with Crippen LogP contribution in [-0.4, -0.2) is 51.2 Å². The van der Waals surface area contributed by atoms with E-state index in [2.05, 4.69) is 43.9 Å². The molecule has 0 saturated carbocycles. The number of nitrogens with zero attached hydrogens (tertiary/aromatic N) is 2. The molecule has 2 aromatic rings. The van der Waals surface area contributed by atoms with Crippen molar-refractivity contribution in [2.24, 2.45) is 0 Å². The molecule has 3 rings (SSSR count). The van der Waals surface area contributed by atoms with E-state index in [-0.39, 0.29) is 5.91 Å². The number of ether oxygens (including phenoxy) is 2. The molecule has 1 heterocycles. The molecule has 0 unspecified atom stereocenters. The zero-order valence-electron chi connectivity index (χ0n) is 17.5. The molecule has 0 aliphatic carbocycles. The molecule has 0 atom stereocenters. The molecule has 28 heavy (non-hydrogen) atoms. The van der Waals surface area contributed by atoms with Crippen molar-refractivity contribution in [2.75, 3.05) is 45.3 Å². The van der Waals surface area contributed by atoms with Gasteiger partial charge in [-0.05, 0) is 36.1 Å². The first-order valence-electron chi connectivity index (χ1n) is 9.81. The fraction of sp³-hybridized carbons (Fsp3) is 0.435. The fourth-order valence-electron chi connectivity index (χ4n) is 3.83. The lowest BCUT2D eigenvalue weighted by atomic mass is 9.97. The highest BCUT2D eigenvalue weighted by molar-refractivity contribution is 5.95. The first-order chi connectivity index (χ1) is 13.4. The van der Waals surface area contributed by atoms with Crippen molar-refractivity contribution in [2.45, 2.75) is 26.7 Å². The second-order valence-corrected chi connectivity index (χ2v) is 7.55. The molecule has 1 amide bonds. The number of carbonyl (C=O) groups excluding carboxylic acids is 1. The molecule has 1 aliphatic heterocycles. The Hall–Kier alpha value is -2.69. The Morgan fingerprint density at radius 3 is 2.11 bits per heavy atom. The predicted octanol–water partition coefficient (Wildman–Crippen LogP) is 4.10. The van der Waals surface area contributed by atoms with Gasteiger partial charge in [0.25, 0.3) is 5.91 Å². The summed E-state index contributed by atoms with van der Waals surface area (Å²) in [5.74, 6) is 1.75. The van der Waals surface area contributed by atoms with Crippen LogP contribution in [0.2, 0.25) is 0 Å². The SMILES string of the molecule is COc1cc(OC)cc(C(=O)N2CCN(c3c(C)cccc3C(C)C)CC2)c1. The minimum Gasteiger partial charge on any atom is -0.497 e. The topological polar surface area (TPSA) is 42.0 Å². The highest BCUT2D eigenvalue weighted by Crippen LogP contribution is 2.32. The van der Waals surface area contributed by atoms with Gasteiger partial charge in [0.15, 0.2) is 0 Å². The van der Waals surface area contributed by atoms with Crippen LogP contribution in [0.1, 0.15) is 41.3 Å². The molecule has 0 aromatic heterocycles. The number of hydrogen-bond donors (Lipinski definition) is 0. The van der Waals surface area contributed by atoms with Gasteiger partial charge < -0.3 is 19.3 Å². The van der Waals surface area contributed by atoms with Crippen LogP contribution >= 0.6 is 0 Å². The molecule has 5 heteroatoms. The Balaban J connectivity index is 1.75. The van der Waals surface area contributed by atoms with E-state index in [0.29, 0.717) is 36.1 Å². The van der Waals surface area contributed by atoms with Gasteiger partial charge in [0.2, 0.25) is 0 Å². The zero-order chi connectivity index (χ0) is 20.3. The van der Waals surface area contributed by atoms with Crippen LogP contribution in [0.15, 0.2) is 36.4 Å². The predicted molar refractivity (Wildman–Crippen MR) is 113 cm³/mol. The summed E-state index contributed by atoms with van der Waals surface area (Å²) in [6.07, 6.45) is 0. The van der Waals surface area contributed by atoms with Crippen LogP contribution in [0.25, 0.3) is 0 Å². The lowest BCUT2D eigenvalue weighted by Gasteiger charge is -2.38. The molecular weight excluding hydrogens is 352 g/mol. The minimum absolute atomic E-state index is 0.0192. The summed E-state index contributed by atoms with van der Waals surface area (Å²) in [6, 6.07) is 11.8. The molecule has 150 valence electrons. The van der Waals surface area contributed by atoms with Gasteiger partial charge in [-0.25, -0.2) is 0 Å². The van der Waals surface area contributed by atoms with Gasteiger partial charge in [0.1, 0.15) is 11.5 Å². The van der Waals surface area contributed by atoms with Gasteiger partial charge in [-0.1, -0.05) is 32.0 Å². The lowest BCUT2D eigenvalue weighted by Crippen LogP contribution is -2.49. The van der Waals surface area contributed by atoms with Crippen molar-refractivity contribution in [3.05, 3.63) is 53.1 Å². The van der Waals surface area contributed by atoms with Crippen molar-refractivity contribution in [1.29, 1.82) is 0 Å². The average Bonchev–Trinajstić information content (AvgIpc) is 2.72. The lowest BCUT2D eigenvalue weighted by molar-refractivity contribution is 0.0746. The molecule has 0 bridgehead atoms. The fourth-order valence-corrected chi connectivity index (χ4v) is 3.83. The smallest absolute Gasteiger partial charge is 0.254 e. The van der Waals surface area contributed by atoms with E-state index in [0.717, 1.165) is 13.1 Å². The third-order valence-corrected chi connectivity index (χ3v) is 5.37. The summed E-state index contributed by atoms with van der Waals surface area (Å²) in [6.45, 7) is 9.69. The van der Waals surface area contributed by atoms with Crippen molar-refractivity contribution in [3.63, 3.8) is 0 Å². The molecule has 0 N–H and O–H groups in total. The number of methoxy groups -OCH3 is 2. The maximum absolute atomic E-state index is 13.0. The van der Waals surface area contributed by atoms with Crippen LogP contribution in [0.4, 0.5) is 5.69 Å². The van der Waals surface area contributed by atoms with Gasteiger partial charge in [-0.15, -0.1) is 0 Å². The second kappa shape index (κ2) is 8.55. The maximum atomic E-state index is 13.0. The highest BCUT2D eigenvalue weighted by Gasteiger charge is 2.25. The number of anilines is 1. The van der Waals surface area contributed by atoms with Crippen LogP contribution in [0.5, 0.6) is 11.5 Å². The molecule has 5 nitrogen and oxygen atoms in total. The number of amides is 1. The van der Waals surface area contributed by atoms with Crippen LogP contribution < -0.4 is 14.4 Å². The maximum Gasteiger partial charge on any atom is 0.254 e. The number of piperazine rings is 1.